The van der Waals surface area contributed by atoms with Gasteiger partial charge in [-0.1, -0.05) is 6.07 Å². The molecule has 0 aliphatic heterocycles. The molecule has 0 spiro atoms. The average Bonchev–Trinajstić information content (AvgIpc) is 2.55. The first-order valence-electron chi connectivity index (χ1n) is 5.10. The van der Waals surface area contributed by atoms with Crippen LogP contribution in [0, 0.1) is 0 Å². The van der Waals surface area contributed by atoms with E-state index in [9.17, 15) is 0 Å². The summed E-state index contributed by atoms with van der Waals surface area (Å²) < 4.78 is 5.56. The molecule has 1 aliphatic rings. The van der Waals surface area contributed by atoms with Crippen LogP contribution in [0.4, 0.5) is 0 Å². The largest absolute Gasteiger partial charge is 0.377 e. The van der Waals surface area contributed by atoms with E-state index in [1.165, 1.54) is 11.3 Å². The number of methoxy groups -OCH3 is 1. The zero-order chi connectivity index (χ0) is 10.0. The minimum atomic E-state index is -0.0238. The summed E-state index contributed by atoms with van der Waals surface area (Å²) in [5, 5.41) is 2.10. The lowest BCUT2D eigenvalue weighted by Crippen LogP contribution is -2.55. The predicted octanol–water partition coefficient (Wildman–Crippen LogP) is 2.19. The van der Waals surface area contributed by atoms with Crippen LogP contribution in [0.2, 0.25) is 0 Å². The Bertz CT molecular complexity index is 274. The van der Waals surface area contributed by atoms with Crippen LogP contribution < -0.4 is 5.73 Å². The Kier molecular flexibility index (Phi) is 2.91. The fourth-order valence-corrected chi connectivity index (χ4v) is 2.85. The molecule has 1 fully saturated rings. The second kappa shape index (κ2) is 4.01. The molecule has 2 rings (SSSR count). The molecule has 1 unspecified atom stereocenters. The number of thiophene rings is 1. The summed E-state index contributed by atoms with van der Waals surface area (Å²) in [6, 6.07) is 4.37. The first-order valence-corrected chi connectivity index (χ1v) is 5.98. The molecule has 1 aromatic rings. The van der Waals surface area contributed by atoms with Crippen LogP contribution in [0.15, 0.2) is 17.5 Å². The van der Waals surface area contributed by atoms with Crippen molar-refractivity contribution in [3.05, 3.63) is 22.4 Å². The molecule has 2 N–H and O–H groups in total. The Morgan fingerprint density at radius 2 is 2.43 bits per heavy atom. The minimum Gasteiger partial charge on any atom is -0.377 e. The van der Waals surface area contributed by atoms with Gasteiger partial charge in [0, 0.05) is 18.0 Å². The molecular weight excluding hydrogens is 194 g/mol. The maximum Gasteiger partial charge on any atom is 0.0832 e. The van der Waals surface area contributed by atoms with Crippen LogP contribution >= 0.6 is 11.3 Å². The smallest absolute Gasteiger partial charge is 0.0832 e. The number of hydrogen-bond donors (Lipinski definition) is 1. The maximum atomic E-state index is 6.20. The van der Waals surface area contributed by atoms with Crippen molar-refractivity contribution in [1.29, 1.82) is 0 Å². The van der Waals surface area contributed by atoms with Gasteiger partial charge in [-0.15, -0.1) is 11.3 Å². The van der Waals surface area contributed by atoms with Crippen LogP contribution in [-0.4, -0.2) is 18.8 Å². The first-order chi connectivity index (χ1) is 6.77. The van der Waals surface area contributed by atoms with Gasteiger partial charge in [-0.05, 0) is 37.1 Å². The number of rotatable bonds is 4. The van der Waals surface area contributed by atoms with Crippen molar-refractivity contribution >= 4 is 11.3 Å². The fraction of sp³-hybridized carbons (Fsp3) is 0.636. The van der Waals surface area contributed by atoms with E-state index in [0.717, 1.165) is 19.3 Å². The fourth-order valence-electron chi connectivity index (χ4n) is 2.08. The van der Waals surface area contributed by atoms with Gasteiger partial charge >= 0.3 is 0 Å². The molecule has 0 radical (unpaired) electrons. The number of hydrogen-bond acceptors (Lipinski definition) is 3. The van der Waals surface area contributed by atoms with Crippen LogP contribution in [0.5, 0.6) is 0 Å². The van der Waals surface area contributed by atoms with E-state index in [-0.39, 0.29) is 11.6 Å². The third-order valence-electron chi connectivity index (χ3n) is 3.28. The van der Waals surface area contributed by atoms with Gasteiger partial charge in [-0.3, -0.25) is 0 Å². The van der Waals surface area contributed by atoms with Crippen molar-refractivity contribution in [1.82, 2.24) is 0 Å². The summed E-state index contributed by atoms with van der Waals surface area (Å²) in [6.07, 6.45) is 4.45. The van der Waals surface area contributed by atoms with E-state index in [2.05, 4.69) is 17.5 Å². The molecule has 1 aliphatic carbocycles. The van der Waals surface area contributed by atoms with E-state index in [4.69, 9.17) is 10.5 Å². The topological polar surface area (TPSA) is 35.2 Å². The zero-order valence-electron chi connectivity index (χ0n) is 8.53. The highest BCUT2D eigenvalue weighted by Gasteiger charge is 2.42. The Balaban J connectivity index is 1.98. The summed E-state index contributed by atoms with van der Waals surface area (Å²) in [5.74, 6) is 0. The normalized spacial score (nSPS) is 21.6. The molecule has 0 saturated heterocycles. The second-order valence-corrected chi connectivity index (χ2v) is 5.04. The number of ether oxygens (including phenoxy) is 1. The molecule has 78 valence electrons. The van der Waals surface area contributed by atoms with Gasteiger partial charge in [0.1, 0.15) is 0 Å². The monoisotopic (exact) mass is 211 g/mol. The van der Waals surface area contributed by atoms with Crippen molar-refractivity contribution < 1.29 is 4.74 Å². The third-order valence-corrected chi connectivity index (χ3v) is 4.18. The first kappa shape index (κ1) is 10.1. The lowest BCUT2D eigenvalue weighted by atomic mass is 9.73. The molecule has 0 aromatic carbocycles. The van der Waals surface area contributed by atoms with Crippen LogP contribution in [0.1, 0.15) is 24.1 Å². The lowest BCUT2D eigenvalue weighted by Gasteiger charge is -2.45. The molecule has 1 saturated carbocycles. The van der Waals surface area contributed by atoms with Gasteiger partial charge in [-0.2, -0.15) is 0 Å². The van der Waals surface area contributed by atoms with E-state index in [0.29, 0.717) is 0 Å². The quantitative estimate of drug-likeness (QED) is 0.828. The highest BCUT2D eigenvalue weighted by atomic mass is 32.1. The van der Waals surface area contributed by atoms with Crippen LogP contribution in [0.3, 0.4) is 0 Å². The minimum absolute atomic E-state index is 0.0238. The predicted molar refractivity (Wildman–Crippen MR) is 59.6 cm³/mol. The van der Waals surface area contributed by atoms with E-state index < -0.39 is 0 Å². The maximum absolute atomic E-state index is 6.20. The molecular formula is C11H17NOS. The molecule has 0 amide bonds. The standard InChI is InChI=1S/C11H17NOS/c1-13-11(5-3-6-11)10(12)8-9-4-2-7-14-9/h2,4,7,10H,3,5-6,8,12H2,1H3. The Hall–Kier alpha value is -0.380. The van der Waals surface area contributed by atoms with E-state index in [1.807, 2.05) is 0 Å². The third kappa shape index (κ3) is 1.72. The molecule has 1 atom stereocenters. The Labute approximate surface area is 89.1 Å². The van der Waals surface area contributed by atoms with Gasteiger partial charge in [0.15, 0.2) is 0 Å². The van der Waals surface area contributed by atoms with Crippen molar-refractivity contribution in [2.75, 3.05) is 7.11 Å². The summed E-state index contributed by atoms with van der Waals surface area (Å²) >= 11 is 1.78. The summed E-state index contributed by atoms with van der Waals surface area (Å²) in [6.45, 7) is 0. The Morgan fingerprint density at radius 1 is 1.64 bits per heavy atom. The molecule has 1 heterocycles. The van der Waals surface area contributed by atoms with E-state index >= 15 is 0 Å². The van der Waals surface area contributed by atoms with Gasteiger partial charge in [0.25, 0.3) is 0 Å². The molecule has 14 heavy (non-hydrogen) atoms. The summed E-state index contributed by atoms with van der Waals surface area (Å²) in [7, 11) is 1.79. The highest BCUT2D eigenvalue weighted by molar-refractivity contribution is 7.09. The van der Waals surface area contributed by atoms with Gasteiger partial charge in [-0.25, -0.2) is 0 Å². The van der Waals surface area contributed by atoms with Crippen molar-refractivity contribution in [3.8, 4) is 0 Å². The lowest BCUT2D eigenvalue weighted by molar-refractivity contribution is -0.0895. The van der Waals surface area contributed by atoms with Crippen LogP contribution in [-0.2, 0) is 11.2 Å². The summed E-state index contributed by atoms with van der Waals surface area (Å²) in [5.41, 5.74) is 6.17. The van der Waals surface area contributed by atoms with Crippen molar-refractivity contribution in [2.45, 2.75) is 37.3 Å². The SMILES string of the molecule is COC1(C(N)Cc2cccs2)CCC1. The average molecular weight is 211 g/mol. The molecule has 0 bridgehead atoms. The second-order valence-electron chi connectivity index (χ2n) is 4.01. The highest BCUT2D eigenvalue weighted by Crippen LogP contribution is 2.38. The molecule has 1 aromatic heterocycles. The van der Waals surface area contributed by atoms with Crippen LogP contribution in [0.25, 0.3) is 0 Å². The Morgan fingerprint density at radius 3 is 2.86 bits per heavy atom. The van der Waals surface area contributed by atoms with Gasteiger partial charge in [0.2, 0.25) is 0 Å². The molecule has 2 nitrogen and oxygen atoms in total. The van der Waals surface area contributed by atoms with Gasteiger partial charge < -0.3 is 10.5 Å². The molecule has 3 heteroatoms. The van der Waals surface area contributed by atoms with Gasteiger partial charge in [0.05, 0.1) is 5.60 Å². The number of nitrogens with two attached hydrogens (primary N) is 1. The zero-order valence-corrected chi connectivity index (χ0v) is 9.35. The van der Waals surface area contributed by atoms with E-state index in [1.54, 1.807) is 18.4 Å². The van der Waals surface area contributed by atoms with Crippen molar-refractivity contribution in [3.63, 3.8) is 0 Å². The summed E-state index contributed by atoms with van der Waals surface area (Å²) in [4.78, 5) is 1.36. The van der Waals surface area contributed by atoms with Crippen molar-refractivity contribution in [2.24, 2.45) is 5.73 Å².